The molecule has 5 nitrogen and oxygen atoms in total. The number of aliphatic imine (C=N–C) groups is 1. The molecular weight excluding hydrogens is 317 g/mol. The first-order valence-corrected chi connectivity index (χ1v) is 8.51. The molecule has 0 amide bonds. The molecule has 25 heavy (non-hydrogen) atoms. The fourth-order valence-electron chi connectivity index (χ4n) is 3.13. The number of piperazine rings is 1. The molecular formula is C19H24FN5. The van der Waals surface area contributed by atoms with E-state index in [0.717, 1.165) is 48.8 Å². The van der Waals surface area contributed by atoms with Gasteiger partial charge in [0.05, 0.1) is 6.54 Å². The van der Waals surface area contributed by atoms with Crippen LogP contribution < -0.4 is 10.6 Å². The Hall–Kier alpha value is -2.63. The third-order valence-electron chi connectivity index (χ3n) is 4.36. The van der Waals surface area contributed by atoms with E-state index in [-0.39, 0.29) is 5.82 Å². The summed E-state index contributed by atoms with van der Waals surface area (Å²) in [4.78, 5) is 13.2. The molecule has 6 heteroatoms. The number of aromatic nitrogens is 1. The zero-order valence-corrected chi connectivity index (χ0v) is 14.7. The minimum atomic E-state index is -0.208. The summed E-state index contributed by atoms with van der Waals surface area (Å²) in [6.45, 7) is 7.83. The number of hydrogen-bond acceptors (Lipinski definition) is 3. The molecule has 132 valence electrons. The maximum absolute atomic E-state index is 13.0. The smallest absolute Gasteiger partial charge is 0.191 e. The van der Waals surface area contributed by atoms with Gasteiger partial charge in [0.1, 0.15) is 5.82 Å². The number of nitrogens with zero attached hydrogens (tertiary/aromatic N) is 4. The second-order valence-electron chi connectivity index (χ2n) is 6.38. The van der Waals surface area contributed by atoms with Crippen LogP contribution in [-0.4, -0.2) is 42.0 Å². The first-order valence-electron chi connectivity index (χ1n) is 8.51. The number of nitrogens with two attached hydrogens (primary N) is 1. The number of benzene rings is 1. The van der Waals surface area contributed by atoms with Gasteiger partial charge in [-0.25, -0.2) is 9.38 Å². The van der Waals surface area contributed by atoms with Gasteiger partial charge in [0.15, 0.2) is 5.96 Å². The molecule has 2 N–H and O–H groups in total. The second kappa shape index (κ2) is 7.51. The summed E-state index contributed by atoms with van der Waals surface area (Å²) < 4.78 is 13.0. The van der Waals surface area contributed by atoms with Crippen LogP contribution in [0.25, 0.3) is 0 Å². The van der Waals surface area contributed by atoms with Gasteiger partial charge in [0.25, 0.3) is 0 Å². The zero-order valence-electron chi connectivity index (χ0n) is 14.7. The molecule has 1 aliphatic heterocycles. The topological polar surface area (TPSA) is 57.8 Å². The van der Waals surface area contributed by atoms with Crippen molar-refractivity contribution < 1.29 is 4.39 Å². The highest BCUT2D eigenvalue weighted by Crippen LogP contribution is 2.17. The maximum Gasteiger partial charge on any atom is 0.191 e. The van der Waals surface area contributed by atoms with Crippen LogP contribution in [0.1, 0.15) is 17.0 Å². The third kappa shape index (κ3) is 4.47. The Labute approximate surface area is 148 Å². The Bertz CT molecular complexity index is 729. The van der Waals surface area contributed by atoms with Gasteiger partial charge >= 0.3 is 0 Å². The first kappa shape index (κ1) is 17.2. The van der Waals surface area contributed by atoms with Crippen LogP contribution in [0.3, 0.4) is 0 Å². The summed E-state index contributed by atoms with van der Waals surface area (Å²) in [6.07, 6.45) is 0. The molecule has 2 aromatic rings. The van der Waals surface area contributed by atoms with Crippen LogP contribution in [-0.2, 0) is 6.54 Å². The minimum absolute atomic E-state index is 0.208. The lowest BCUT2D eigenvalue weighted by Crippen LogP contribution is -2.51. The van der Waals surface area contributed by atoms with E-state index in [1.54, 1.807) is 0 Å². The molecule has 0 unspecified atom stereocenters. The van der Waals surface area contributed by atoms with Gasteiger partial charge in [-0.05, 0) is 55.8 Å². The first-order chi connectivity index (χ1) is 12.0. The van der Waals surface area contributed by atoms with E-state index in [0.29, 0.717) is 12.5 Å². The van der Waals surface area contributed by atoms with Gasteiger partial charge in [-0.1, -0.05) is 0 Å². The van der Waals surface area contributed by atoms with Gasteiger partial charge in [-0.2, -0.15) is 0 Å². The van der Waals surface area contributed by atoms with E-state index in [4.69, 9.17) is 5.73 Å². The number of halogens is 1. The quantitative estimate of drug-likeness (QED) is 0.688. The maximum atomic E-state index is 13.0. The fraction of sp³-hybridized carbons (Fsp3) is 0.368. The largest absolute Gasteiger partial charge is 0.370 e. The number of anilines is 1. The van der Waals surface area contributed by atoms with E-state index < -0.39 is 0 Å². The molecule has 1 fully saturated rings. The molecule has 0 atom stereocenters. The summed E-state index contributed by atoms with van der Waals surface area (Å²) in [5.41, 5.74) is 10.3. The number of rotatable bonds is 3. The molecule has 0 aliphatic carbocycles. The summed E-state index contributed by atoms with van der Waals surface area (Å²) >= 11 is 0. The third-order valence-corrected chi connectivity index (χ3v) is 4.36. The van der Waals surface area contributed by atoms with Crippen molar-refractivity contribution in [2.75, 3.05) is 31.1 Å². The highest BCUT2D eigenvalue weighted by atomic mass is 19.1. The zero-order chi connectivity index (χ0) is 17.8. The number of guanidine groups is 1. The predicted octanol–water partition coefficient (Wildman–Crippen LogP) is 2.47. The average Bonchev–Trinajstić information content (AvgIpc) is 2.60. The second-order valence-corrected chi connectivity index (χ2v) is 6.38. The Balaban J connectivity index is 1.57. The van der Waals surface area contributed by atoms with Crippen molar-refractivity contribution in [2.45, 2.75) is 20.4 Å². The number of aryl methyl sites for hydroxylation is 2. The normalized spacial score (nSPS) is 15.6. The number of pyridine rings is 1. The summed E-state index contributed by atoms with van der Waals surface area (Å²) in [5.74, 6) is 0.367. The van der Waals surface area contributed by atoms with Crippen molar-refractivity contribution in [2.24, 2.45) is 10.7 Å². The Morgan fingerprint density at radius 3 is 2.28 bits per heavy atom. The molecule has 0 spiro atoms. The van der Waals surface area contributed by atoms with Crippen molar-refractivity contribution in [3.63, 3.8) is 0 Å². The summed E-state index contributed by atoms with van der Waals surface area (Å²) in [7, 11) is 0. The minimum Gasteiger partial charge on any atom is -0.370 e. The highest BCUT2D eigenvalue weighted by molar-refractivity contribution is 5.78. The van der Waals surface area contributed by atoms with Gasteiger partial charge < -0.3 is 15.5 Å². The van der Waals surface area contributed by atoms with Gasteiger partial charge in [-0.15, -0.1) is 0 Å². The van der Waals surface area contributed by atoms with E-state index in [9.17, 15) is 4.39 Å². The highest BCUT2D eigenvalue weighted by Gasteiger charge is 2.18. The van der Waals surface area contributed by atoms with Crippen LogP contribution in [0.15, 0.2) is 41.4 Å². The Kier molecular flexibility index (Phi) is 5.16. The molecule has 0 bridgehead atoms. The fourth-order valence-corrected chi connectivity index (χ4v) is 3.13. The van der Waals surface area contributed by atoms with E-state index in [1.807, 2.05) is 38.1 Å². The molecule has 1 aromatic carbocycles. The van der Waals surface area contributed by atoms with Gasteiger partial charge in [-0.3, -0.25) is 4.98 Å². The lowest BCUT2D eigenvalue weighted by atomic mass is 10.2. The van der Waals surface area contributed by atoms with Crippen molar-refractivity contribution >= 4 is 11.6 Å². The number of hydrogen-bond donors (Lipinski definition) is 1. The molecule has 2 heterocycles. The van der Waals surface area contributed by atoms with Crippen LogP contribution in [0.5, 0.6) is 0 Å². The molecule has 1 aliphatic rings. The average molecular weight is 341 g/mol. The van der Waals surface area contributed by atoms with Crippen LogP contribution in [0.4, 0.5) is 10.1 Å². The Morgan fingerprint density at radius 1 is 1.08 bits per heavy atom. The molecule has 0 radical (unpaired) electrons. The van der Waals surface area contributed by atoms with E-state index >= 15 is 0 Å². The molecule has 3 rings (SSSR count). The lowest BCUT2D eigenvalue weighted by Gasteiger charge is -2.36. The van der Waals surface area contributed by atoms with E-state index in [1.165, 1.54) is 12.1 Å². The van der Waals surface area contributed by atoms with E-state index in [2.05, 4.69) is 19.8 Å². The summed E-state index contributed by atoms with van der Waals surface area (Å²) in [5, 5.41) is 0. The molecule has 1 saturated heterocycles. The van der Waals surface area contributed by atoms with Crippen molar-refractivity contribution in [1.82, 2.24) is 9.88 Å². The van der Waals surface area contributed by atoms with Crippen molar-refractivity contribution in [3.05, 3.63) is 59.2 Å². The Morgan fingerprint density at radius 2 is 1.68 bits per heavy atom. The van der Waals surface area contributed by atoms with Gasteiger partial charge in [0.2, 0.25) is 0 Å². The predicted molar refractivity (Wildman–Crippen MR) is 99.2 cm³/mol. The molecule has 1 aromatic heterocycles. The summed E-state index contributed by atoms with van der Waals surface area (Å²) in [6, 6.07) is 10.7. The van der Waals surface area contributed by atoms with Crippen molar-refractivity contribution in [3.8, 4) is 0 Å². The van der Waals surface area contributed by atoms with Crippen LogP contribution in [0.2, 0.25) is 0 Å². The van der Waals surface area contributed by atoms with Crippen molar-refractivity contribution in [1.29, 1.82) is 0 Å². The SMILES string of the molecule is Cc1cc(CN=C(N)N2CCN(c3ccc(F)cc3)CC2)cc(C)n1. The van der Waals surface area contributed by atoms with Crippen LogP contribution in [0, 0.1) is 19.7 Å². The molecule has 0 saturated carbocycles. The monoisotopic (exact) mass is 341 g/mol. The standard InChI is InChI=1S/C19H24FN5/c1-14-11-16(12-15(2)23-14)13-22-19(21)25-9-7-24(8-10-25)18-5-3-17(20)4-6-18/h3-6,11-12H,7-10,13H2,1-2H3,(H2,21,22). The van der Waals surface area contributed by atoms with Crippen LogP contribution >= 0.6 is 0 Å². The lowest BCUT2D eigenvalue weighted by molar-refractivity contribution is 0.380. The van der Waals surface area contributed by atoms with Gasteiger partial charge in [0, 0.05) is 43.3 Å².